The first-order valence-electron chi connectivity index (χ1n) is 13.8. The molecule has 0 saturated heterocycles. The van der Waals surface area contributed by atoms with Crippen LogP contribution in [0.1, 0.15) is 167 Å². The predicted octanol–water partition coefficient (Wildman–Crippen LogP) is 9.42. The summed E-state index contributed by atoms with van der Waals surface area (Å²) in [6, 6.07) is 0.615. The Morgan fingerprint density at radius 1 is 0.633 bits per heavy atom. The second-order valence-corrected chi connectivity index (χ2v) is 9.88. The van der Waals surface area contributed by atoms with Gasteiger partial charge >= 0.3 is 0 Å². The fourth-order valence-electron chi connectivity index (χ4n) is 4.83. The SMILES string of the molecule is CCCCCCCCCCCCCCCCCCC(C)c1[nH]cc[n+]1C(C)CCC. The van der Waals surface area contributed by atoms with E-state index in [0.29, 0.717) is 12.0 Å². The van der Waals surface area contributed by atoms with Crippen molar-refractivity contribution >= 4 is 0 Å². The average Bonchev–Trinajstić information content (AvgIpc) is 3.23. The van der Waals surface area contributed by atoms with Crippen LogP contribution in [0, 0.1) is 0 Å². The van der Waals surface area contributed by atoms with Gasteiger partial charge in [0.25, 0.3) is 5.82 Å². The van der Waals surface area contributed by atoms with Crippen LogP contribution in [-0.2, 0) is 0 Å². The van der Waals surface area contributed by atoms with E-state index in [0.717, 1.165) is 0 Å². The molecule has 0 aliphatic heterocycles. The van der Waals surface area contributed by atoms with Crippen molar-refractivity contribution in [3.8, 4) is 0 Å². The van der Waals surface area contributed by atoms with E-state index < -0.39 is 0 Å². The van der Waals surface area contributed by atoms with Gasteiger partial charge in [0.2, 0.25) is 0 Å². The van der Waals surface area contributed by atoms with Crippen LogP contribution in [0.25, 0.3) is 0 Å². The Balaban J connectivity index is 1.92. The van der Waals surface area contributed by atoms with E-state index in [1.807, 2.05) is 0 Å². The largest absolute Gasteiger partial charge is 0.257 e. The van der Waals surface area contributed by atoms with Gasteiger partial charge in [-0.3, -0.25) is 0 Å². The Morgan fingerprint density at radius 3 is 1.57 bits per heavy atom. The smallest absolute Gasteiger partial charge is 0.247 e. The normalized spacial score (nSPS) is 13.6. The molecule has 1 heterocycles. The van der Waals surface area contributed by atoms with Crippen LogP contribution in [0.2, 0.25) is 0 Å². The highest BCUT2D eigenvalue weighted by Crippen LogP contribution is 2.20. The first kappa shape index (κ1) is 27.2. The van der Waals surface area contributed by atoms with Gasteiger partial charge in [0, 0.05) is 0 Å². The van der Waals surface area contributed by atoms with Crippen LogP contribution in [-0.4, -0.2) is 4.98 Å². The number of rotatable bonds is 21. The van der Waals surface area contributed by atoms with Crippen molar-refractivity contribution in [3.63, 3.8) is 0 Å². The molecule has 1 aromatic heterocycles. The third kappa shape index (κ3) is 12.8. The summed E-state index contributed by atoms with van der Waals surface area (Å²) in [5, 5.41) is 0. The highest BCUT2D eigenvalue weighted by atomic mass is 15.1. The molecule has 0 spiro atoms. The van der Waals surface area contributed by atoms with Gasteiger partial charge in [-0.1, -0.05) is 130 Å². The van der Waals surface area contributed by atoms with Gasteiger partial charge in [-0.2, -0.15) is 0 Å². The first-order valence-corrected chi connectivity index (χ1v) is 13.8. The maximum atomic E-state index is 3.51. The fourth-order valence-corrected chi connectivity index (χ4v) is 4.83. The lowest BCUT2D eigenvalue weighted by atomic mass is 10.00. The lowest BCUT2D eigenvalue weighted by Gasteiger charge is -2.13. The molecule has 0 amide bonds. The Hall–Kier alpha value is -0.790. The molecule has 2 unspecified atom stereocenters. The number of nitrogens with zero attached hydrogens (tertiary/aromatic N) is 1. The minimum Gasteiger partial charge on any atom is -0.247 e. The zero-order valence-corrected chi connectivity index (χ0v) is 21.2. The summed E-state index contributed by atoms with van der Waals surface area (Å²) in [6.45, 7) is 9.33. The van der Waals surface area contributed by atoms with Crippen molar-refractivity contribution < 1.29 is 4.57 Å². The van der Waals surface area contributed by atoms with Crippen LogP contribution in [0.5, 0.6) is 0 Å². The predicted molar refractivity (Wildman–Crippen MR) is 133 cm³/mol. The summed E-state index contributed by atoms with van der Waals surface area (Å²) in [4.78, 5) is 3.51. The van der Waals surface area contributed by atoms with E-state index in [9.17, 15) is 0 Å². The zero-order chi connectivity index (χ0) is 21.9. The fraction of sp³-hybridized carbons (Fsp3) is 0.893. The van der Waals surface area contributed by atoms with Crippen molar-refractivity contribution in [1.82, 2.24) is 4.98 Å². The molecular formula is C28H55N2+. The monoisotopic (exact) mass is 419 g/mol. The third-order valence-corrected chi connectivity index (χ3v) is 6.88. The average molecular weight is 420 g/mol. The highest BCUT2D eigenvalue weighted by molar-refractivity contribution is 4.87. The number of hydrogen-bond donors (Lipinski definition) is 1. The Labute approximate surface area is 189 Å². The minimum atomic E-state index is 0.615. The van der Waals surface area contributed by atoms with Crippen molar-refractivity contribution in [2.45, 2.75) is 162 Å². The van der Waals surface area contributed by atoms with Crippen LogP contribution < -0.4 is 4.57 Å². The lowest BCUT2D eigenvalue weighted by molar-refractivity contribution is -0.727. The second-order valence-electron chi connectivity index (χ2n) is 9.88. The Morgan fingerprint density at radius 2 is 1.10 bits per heavy atom. The maximum Gasteiger partial charge on any atom is 0.257 e. The molecule has 0 saturated carbocycles. The zero-order valence-electron chi connectivity index (χ0n) is 21.2. The summed E-state index contributed by atoms with van der Waals surface area (Å²) >= 11 is 0. The van der Waals surface area contributed by atoms with E-state index in [-0.39, 0.29) is 0 Å². The molecule has 0 radical (unpaired) electrons. The van der Waals surface area contributed by atoms with Crippen LogP contribution in [0.4, 0.5) is 0 Å². The summed E-state index contributed by atoms with van der Waals surface area (Å²) in [5.74, 6) is 2.07. The topological polar surface area (TPSA) is 19.7 Å². The number of nitrogens with one attached hydrogen (secondary N) is 1. The maximum absolute atomic E-state index is 3.51. The van der Waals surface area contributed by atoms with E-state index in [1.54, 1.807) is 0 Å². The Kier molecular flexibility index (Phi) is 17.2. The first-order chi connectivity index (χ1) is 14.7. The molecule has 2 atom stereocenters. The van der Waals surface area contributed by atoms with Gasteiger partial charge in [-0.15, -0.1) is 0 Å². The number of H-pyrrole nitrogens is 1. The molecule has 0 fully saturated rings. The molecular weight excluding hydrogens is 364 g/mol. The molecule has 0 aliphatic carbocycles. The van der Waals surface area contributed by atoms with Crippen molar-refractivity contribution in [2.75, 3.05) is 0 Å². The number of imidazole rings is 1. The molecule has 2 heteroatoms. The third-order valence-electron chi connectivity index (χ3n) is 6.88. The summed E-state index contributed by atoms with van der Waals surface area (Å²) in [6.07, 6.45) is 31.3. The molecule has 1 aromatic rings. The van der Waals surface area contributed by atoms with Crippen molar-refractivity contribution in [1.29, 1.82) is 0 Å². The van der Waals surface area contributed by atoms with Gasteiger partial charge in [-0.05, 0) is 19.8 Å². The highest BCUT2D eigenvalue weighted by Gasteiger charge is 2.21. The second kappa shape index (κ2) is 18.9. The molecule has 1 N–H and O–H groups in total. The van der Waals surface area contributed by atoms with Gasteiger partial charge in [0.05, 0.1) is 12.0 Å². The lowest BCUT2D eigenvalue weighted by Crippen LogP contribution is -2.40. The number of hydrogen-bond acceptors (Lipinski definition) is 0. The Bertz CT molecular complexity index is 479. The summed E-state index contributed by atoms with van der Waals surface area (Å²) in [7, 11) is 0. The molecule has 0 aliphatic rings. The standard InChI is InChI=1S/C28H54N2/c1-5-7-8-9-10-11-12-13-14-15-16-17-18-19-20-21-23-26(3)28-29-24-25-30(28)27(4)22-6-2/h24-27H,5-23H2,1-4H3/p+1. The van der Waals surface area contributed by atoms with E-state index in [1.165, 1.54) is 128 Å². The van der Waals surface area contributed by atoms with Crippen molar-refractivity contribution in [2.24, 2.45) is 0 Å². The molecule has 1 rings (SSSR count). The van der Waals surface area contributed by atoms with Crippen LogP contribution >= 0.6 is 0 Å². The van der Waals surface area contributed by atoms with Crippen LogP contribution in [0.15, 0.2) is 12.4 Å². The molecule has 176 valence electrons. The molecule has 30 heavy (non-hydrogen) atoms. The van der Waals surface area contributed by atoms with E-state index in [4.69, 9.17) is 0 Å². The van der Waals surface area contributed by atoms with E-state index >= 15 is 0 Å². The summed E-state index contributed by atoms with van der Waals surface area (Å²) in [5.41, 5.74) is 0. The molecule has 0 aromatic carbocycles. The number of unbranched alkanes of at least 4 members (excludes halogenated alkanes) is 15. The number of aromatic amines is 1. The van der Waals surface area contributed by atoms with Gasteiger partial charge in [0.15, 0.2) is 0 Å². The molecule has 2 nitrogen and oxygen atoms in total. The van der Waals surface area contributed by atoms with Gasteiger partial charge < -0.3 is 0 Å². The quantitative estimate of drug-likeness (QED) is 0.151. The number of aromatic nitrogens is 2. The van der Waals surface area contributed by atoms with Gasteiger partial charge in [0.1, 0.15) is 12.4 Å². The van der Waals surface area contributed by atoms with Crippen LogP contribution in [0.3, 0.4) is 0 Å². The molecule has 0 bridgehead atoms. The minimum absolute atomic E-state index is 0.615. The summed E-state index contributed by atoms with van der Waals surface area (Å²) < 4.78 is 2.47. The van der Waals surface area contributed by atoms with Crippen molar-refractivity contribution in [3.05, 3.63) is 18.2 Å². The van der Waals surface area contributed by atoms with E-state index in [2.05, 4.69) is 49.6 Å². The van der Waals surface area contributed by atoms with Gasteiger partial charge in [-0.25, -0.2) is 9.55 Å².